The van der Waals surface area contributed by atoms with Crippen LogP contribution >= 0.6 is 0 Å². The van der Waals surface area contributed by atoms with E-state index in [0.29, 0.717) is 0 Å². The van der Waals surface area contributed by atoms with E-state index in [2.05, 4.69) is 6.08 Å². The minimum absolute atomic E-state index is 0.0910. The van der Waals surface area contributed by atoms with E-state index in [0.717, 1.165) is 30.4 Å². The first-order valence-electron chi connectivity index (χ1n) is 6.64. The number of aliphatic hydroxyl groups excluding tert-OH is 1. The van der Waals surface area contributed by atoms with E-state index >= 15 is 0 Å². The molecule has 2 rings (SSSR count). The molecule has 0 radical (unpaired) electrons. The largest absolute Gasteiger partial charge is 0.393 e. The molecule has 0 heterocycles. The summed E-state index contributed by atoms with van der Waals surface area (Å²) in [4.78, 5) is 11.2. The molecule has 2 unspecified atom stereocenters. The van der Waals surface area contributed by atoms with E-state index in [4.69, 9.17) is 0 Å². The van der Waals surface area contributed by atoms with Crippen LogP contribution in [0.15, 0.2) is 30.3 Å². The van der Waals surface area contributed by atoms with Crippen LogP contribution < -0.4 is 0 Å². The van der Waals surface area contributed by atoms with Crippen LogP contribution in [0.25, 0.3) is 6.08 Å². The molecule has 1 fully saturated rings. The molecule has 1 aromatic carbocycles. The van der Waals surface area contributed by atoms with Crippen LogP contribution in [-0.4, -0.2) is 17.0 Å². The van der Waals surface area contributed by atoms with Crippen molar-refractivity contribution >= 4 is 11.9 Å². The Morgan fingerprint density at radius 3 is 2.50 bits per heavy atom. The van der Waals surface area contributed by atoms with Gasteiger partial charge in [0.2, 0.25) is 0 Å². The van der Waals surface area contributed by atoms with Gasteiger partial charge in [-0.2, -0.15) is 0 Å². The molecule has 0 aliphatic heterocycles. The number of hydrogen-bond acceptors (Lipinski definition) is 2. The van der Waals surface area contributed by atoms with Crippen molar-refractivity contribution < 1.29 is 9.90 Å². The highest BCUT2D eigenvalue weighted by Gasteiger charge is 2.19. The van der Waals surface area contributed by atoms with Crippen molar-refractivity contribution in [2.45, 2.75) is 38.7 Å². The maximum Gasteiger partial charge on any atom is 0.159 e. The van der Waals surface area contributed by atoms with Crippen molar-refractivity contribution in [3.8, 4) is 0 Å². The first-order chi connectivity index (χ1) is 8.66. The van der Waals surface area contributed by atoms with Gasteiger partial charge in [-0.15, -0.1) is 0 Å². The molecule has 1 aromatic rings. The highest BCUT2D eigenvalue weighted by molar-refractivity contribution is 5.94. The van der Waals surface area contributed by atoms with E-state index in [1.165, 1.54) is 6.42 Å². The third-order valence-corrected chi connectivity index (χ3v) is 3.63. The number of carbonyl (C=O) groups is 1. The van der Waals surface area contributed by atoms with Crippen LogP contribution in [0.5, 0.6) is 0 Å². The molecule has 1 aliphatic rings. The average Bonchev–Trinajstić information content (AvgIpc) is 2.38. The minimum atomic E-state index is -0.188. The summed E-state index contributed by atoms with van der Waals surface area (Å²) in [5.74, 6) is 0.375. The Bertz CT molecular complexity index is 431. The second-order valence-corrected chi connectivity index (χ2v) is 5.05. The van der Waals surface area contributed by atoms with Crippen LogP contribution in [0.2, 0.25) is 0 Å². The van der Waals surface area contributed by atoms with Gasteiger partial charge >= 0.3 is 0 Å². The van der Waals surface area contributed by atoms with Crippen LogP contribution in [0.1, 0.15) is 48.5 Å². The first-order valence-corrected chi connectivity index (χ1v) is 6.64. The van der Waals surface area contributed by atoms with Gasteiger partial charge in [-0.3, -0.25) is 4.79 Å². The Morgan fingerprint density at radius 1 is 1.22 bits per heavy atom. The van der Waals surface area contributed by atoms with Crippen molar-refractivity contribution in [3.63, 3.8) is 0 Å². The van der Waals surface area contributed by atoms with E-state index in [9.17, 15) is 9.90 Å². The highest BCUT2D eigenvalue weighted by Crippen LogP contribution is 2.26. The van der Waals surface area contributed by atoms with Crippen LogP contribution in [-0.2, 0) is 0 Å². The number of aliphatic hydroxyl groups is 1. The van der Waals surface area contributed by atoms with Crippen LogP contribution in [0.3, 0.4) is 0 Å². The number of carbonyl (C=O) groups excluding carboxylic acids is 1. The lowest BCUT2D eigenvalue weighted by Gasteiger charge is -2.24. The van der Waals surface area contributed by atoms with Gasteiger partial charge in [0.25, 0.3) is 0 Å². The molecule has 2 nitrogen and oxygen atoms in total. The second kappa shape index (κ2) is 5.96. The van der Waals surface area contributed by atoms with E-state index in [-0.39, 0.29) is 17.8 Å². The molecule has 0 saturated heterocycles. The summed E-state index contributed by atoms with van der Waals surface area (Å²) < 4.78 is 0. The second-order valence-electron chi connectivity index (χ2n) is 5.05. The van der Waals surface area contributed by atoms with Gasteiger partial charge in [0.05, 0.1) is 6.10 Å². The maximum atomic E-state index is 11.2. The van der Waals surface area contributed by atoms with Crippen LogP contribution in [0.4, 0.5) is 0 Å². The zero-order valence-electron chi connectivity index (χ0n) is 10.8. The highest BCUT2D eigenvalue weighted by atomic mass is 16.3. The fourth-order valence-corrected chi connectivity index (χ4v) is 2.43. The first kappa shape index (κ1) is 13.0. The number of benzene rings is 1. The average molecular weight is 244 g/mol. The van der Waals surface area contributed by atoms with E-state index < -0.39 is 0 Å². The summed E-state index contributed by atoms with van der Waals surface area (Å²) >= 11 is 0. The smallest absolute Gasteiger partial charge is 0.159 e. The minimum Gasteiger partial charge on any atom is -0.393 e. The Balaban J connectivity index is 2.01. The molecule has 0 amide bonds. The molecule has 0 aromatic heterocycles. The summed E-state index contributed by atoms with van der Waals surface area (Å²) in [6, 6.07) is 7.59. The monoisotopic (exact) mass is 244 g/mol. The summed E-state index contributed by atoms with van der Waals surface area (Å²) in [5.41, 5.74) is 1.82. The molecular formula is C16H20O2. The molecule has 2 atom stereocenters. The molecule has 1 aliphatic carbocycles. The lowest BCUT2D eigenvalue weighted by molar-refractivity contribution is 0.0931. The summed E-state index contributed by atoms with van der Waals surface area (Å²) in [7, 11) is 0. The van der Waals surface area contributed by atoms with Crippen molar-refractivity contribution in [3.05, 3.63) is 41.5 Å². The zero-order valence-corrected chi connectivity index (χ0v) is 10.8. The fraction of sp³-hybridized carbons (Fsp3) is 0.438. The molecule has 1 N–H and O–H groups in total. The van der Waals surface area contributed by atoms with Crippen molar-refractivity contribution in [2.24, 2.45) is 5.92 Å². The fourth-order valence-electron chi connectivity index (χ4n) is 2.43. The molecule has 0 spiro atoms. The van der Waals surface area contributed by atoms with E-state index in [1.54, 1.807) is 6.92 Å². The number of ketones is 1. The third-order valence-electron chi connectivity index (χ3n) is 3.63. The number of hydrogen-bond donors (Lipinski definition) is 1. The summed E-state index contributed by atoms with van der Waals surface area (Å²) in [5, 5.41) is 9.87. The molecule has 1 saturated carbocycles. The standard InChI is InChI=1S/C16H20O2/c1-12(17)14-9-6-13(7-10-14)8-11-15-4-2-3-5-16(15)18/h6-11,15-16,18H,2-5H2,1H3/b11-8+. The van der Waals surface area contributed by atoms with Crippen molar-refractivity contribution in [1.29, 1.82) is 0 Å². The molecule has 0 bridgehead atoms. The van der Waals surface area contributed by atoms with Gasteiger partial charge in [0, 0.05) is 11.5 Å². The van der Waals surface area contributed by atoms with Gasteiger partial charge in [-0.1, -0.05) is 49.3 Å². The molecular weight excluding hydrogens is 224 g/mol. The Hall–Kier alpha value is -1.41. The Labute approximate surface area is 108 Å². The topological polar surface area (TPSA) is 37.3 Å². The Kier molecular flexibility index (Phi) is 4.32. The van der Waals surface area contributed by atoms with Crippen molar-refractivity contribution in [1.82, 2.24) is 0 Å². The Morgan fingerprint density at radius 2 is 1.89 bits per heavy atom. The SMILES string of the molecule is CC(=O)c1ccc(/C=C/C2CCCCC2O)cc1. The lowest BCUT2D eigenvalue weighted by atomic mass is 9.86. The summed E-state index contributed by atoms with van der Waals surface area (Å²) in [6.07, 6.45) is 8.29. The van der Waals surface area contributed by atoms with Crippen LogP contribution in [0, 0.1) is 5.92 Å². The quantitative estimate of drug-likeness (QED) is 0.827. The predicted octanol–water partition coefficient (Wildman–Crippen LogP) is 3.45. The van der Waals surface area contributed by atoms with Gasteiger partial charge in [0.1, 0.15) is 0 Å². The summed E-state index contributed by atoms with van der Waals surface area (Å²) in [6.45, 7) is 1.57. The molecule has 96 valence electrons. The number of Topliss-reactive ketones (excluding diaryl/α,β-unsaturated/α-hetero) is 1. The van der Waals surface area contributed by atoms with Crippen molar-refractivity contribution in [2.75, 3.05) is 0 Å². The van der Waals surface area contributed by atoms with Gasteiger partial charge in [-0.05, 0) is 25.3 Å². The van der Waals surface area contributed by atoms with E-state index in [1.807, 2.05) is 30.3 Å². The maximum absolute atomic E-state index is 11.2. The zero-order chi connectivity index (χ0) is 13.0. The van der Waals surface area contributed by atoms with Gasteiger partial charge < -0.3 is 5.11 Å². The number of rotatable bonds is 3. The van der Waals surface area contributed by atoms with Gasteiger partial charge in [0.15, 0.2) is 5.78 Å². The molecule has 2 heteroatoms. The normalized spacial score (nSPS) is 24.3. The third kappa shape index (κ3) is 3.30. The lowest BCUT2D eigenvalue weighted by Crippen LogP contribution is -2.22. The predicted molar refractivity (Wildman–Crippen MR) is 73.4 cm³/mol. The molecule has 18 heavy (non-hydrogen) atoms. The van der Waals surface area contributed by atoms with Gasteiger partial charge in [-0.25, -0.2) is 0 Å².